The Morgan fingerprint density at radius 2 is 2.00 bits per heavy atom. The standard InChI is InChI=1S/C21H22FN5O/c1-14(15-4-6-17(22)7-5-15)26-21(28)16-3-2-10-27(13-16)18-11-19-20(25-12-18)24-9-8-23-19/h4-9,11-12,14,16H,2-3,10,13H2,1H3,(H,26,28)/t14-,16-/m0/s1. The van der Waals surface area contributed by atoms with Crippen molar-refractivity contribution in [2.45, 2.75) is 25.8 Å². The van der Waals surface area contributed by atoms with E-state index in [2.05, 4.69) is 25.2 Å². The zero-order valence-electron chi connectivity index (χ0n) is 15.7. The Hall–Kier alpha value is -3.09. The summed E-state index contributed by atoms with van der Waals surface area (Å²) in [5.74, 6) is -0.358. The molecule has 6 nitrogen and oxygen atoms in total. The lowest BCUT2D eigenvalue weighted by molar-refractivity contribution is -0.125. The molecule has 2 aromatic heterocycles. The smallest absolute Gasteiger partial charge is 0.225 e. The molecule has 0 bridgehead atoms. The number of nitrogens with one attached hydrogen (secondary N) is 1. The Morgan fingerprint density at radius 3 is 2.82 bits per heavy atom. The highest BCUT2D eigenvalue weighted by Crippen LogP contribution is 2.25. The Balaban J connectivity index is 1.43. The molecule has 1 N–H and O–H groups in total. The van der Waals surface area contributed by atoms with Crippen molar-refractivity contribution in [1.82, 2.24) is 20.3 Å². The highest BCUT2D eigenvalue weighted by molar-refractivity contribution is 5.80. The predicted octanol–water partition coefficient (Wildman–Crippen LogP) is 3.26. The molecule has 0 radical (unpaired) electrons. The minimum Gasteiger partial charge on any atom is -0.369 e. The molecule has 0 saturated carbocycles. The van der Waals surface area contributed by atoms with E-state index in [-0.39, 0.29) is 23.7 Å². The summed E-state index contributed by atoms with van der Waals surface area (Å²) in [6.07, 6.45) is 6.84. The van der Waals surface area contributed by atoms with Crippen LogP contribution in [0.15, 0.2) is 48.9 Å². The third-order valence-corrected chi connectivity index (χ3v) is 5.20. The number of fused-ring (bicyclic) bond motifs is 1. The molecular weight excluding hydrogens is 357 g/mol. The molecule has 4 rings (SSSR count). The second kappa shape index (κ2) is 7.88. The van der Waals surface area contributed by atoms with Crippen LogP contribution in [0.3, 0.4) is 0 Å². The van der Waals surface area contributed by atoms with Gasteiger partial charge in [-0.25, -0.2) is 14.4 Å². The first-order chi connectivity index (χ1) is 13.6. The average Bonchev–Trinajstić information content (AvgIpc) is 2.74. The summed E-state index contributed by atoms with van der Waals surface area (Å²) in [6.45, 7) is 3.43. The van der Waals surface area contributed by atoms with E-state index in [1.54, 1.807) is 30.7 Å². The molecular formula is C21H22FN5O. The second-order valence-electron chi connectivity index (χ2n) is 7.16. The van der Waals surface area contributed by atoms with E-state index in [4.69, 9.17) is 0 Å². The van der Waals surface area contributed by atoms with Gasteiger partial charge in [0.15, 0.2) is 5.65 Å². The van der Waals surface area contributed by atoms with Gasteiger partial charge in [-0.1, -0.05) is 12.1 Å². The highest BCUT2D eigenvalue weighted by Gasteiger charge is 2.27. The van der Waals surface area contributed by atoms with Crippen LogP contribution in [0.4, 0.5) is 10.1 Å². The Kier molecular flexibility index (Phi) is 5.14. The van der Waals surface area contributed by atoms with Crippen molar-refractivity contribution in [2.24, 2.45) is 5.92 Å². The van der Waals surface area contributed by atoms with Crippen LogP contribution in [0.5, 0.6) is 0 Å². The van der Waals surface area contributed by atoms with Gasteiger partial charge < -0.3 is 10.2 Å². The number of rotatable bonds is 4. The third kappa shape index (κ3) is 3.93. The number of aromatic nitrogens is 3. The van der Waals surface area contributed by atoms with Gasteiger partial charge in [-0.3, -0.25) is 9.78 Å². The Bertz CT molecular complexity index is 978. The van der Waals surface area contributed by atoms with E-state index in [0.29, 0.717) is 12.2 Å². The van der Waals surface area contributed by atoms with E-state index in [1.807, 2.05) is 13.0 Å². The summed E-state index contributed by atoms with van der Waals surface area (Å²) in [7, 11) is 0. The lowest BCUT2D eigenvalue weighted by Crippen LogP contribution is -2.43. The van der Waals surface area contributed by atoms with E-state index in [1.165, 1.54) is 12.1 Å². The number of pyridine rings is 1. The van der Waals surface area contributed by atoms with Crippen LogP contribution in [0.2, 0.25) is 0 Å². The molecule has 0 spiro atoms. The van der Waals surface area contributed by atoms with Crippen LogP contribution in [0, 0.1) is 11.7 Å². The van der Waals surface area contributed by atoms with E-state index in [9.17, 15) is 9.18 Å². The summed E-state index contributed by atoms with van der Waals surface area (Å²) in [6, 6.07) is 8.04. The largest absolute Gasteiger partial charge is 0.369 e. The number of anilines is 1. The van der Waals surface area contributed by atoms with E-state index in [0.717, 1.165) is 36.2 Å². The molecule has 3 heterocycles. The van der Waals surface area contributed by atoms with Gasteiger partial charge in [-0.15, -0.1) is 0 Å². The molecule has 1 aliphatic rings. The maximum atomic E-state index is 13.1. The number of hydrogen-bond acceptors (Lipinski definition) is 5. The van der Waals surface area contributed by atoms with Crippen molar-refractivity contribution in [1.29, 1.82) is 0 Å². The first kappa shape index (κ1) is 18.3. The SMILES string of the molecule is C[C@H](NC(=O)[C@H]1CCCN(c2cnc3nccnc3c2)C1)c1ccc(F)cc1. The molecule has 1 aromatic carbocycles. The van der Waals surface area contributed by atoms with Crippen molar-refractivity contribution in [2.75, 3.05) is 18.0 Å². The van der Waals surface area contributed by atoms with Crippen LogP contribution in [0.25, 0.3) is 11.2 Å². The maximum absolute atomic E-state index is 13.1. The topological polar surface area (TPSA) is 71.0 Å². The molecule has 1 aliphatic heterocycles. The summed E-state index contributed by atoms with van der Waals surface area (Å²) in [5.41, 5.74) is 3.21. The fourth-order valence-electron chi connectivity index (χ4n) is 3.61. The quantitative estimate of drug-likeness (QED) is 0.753. The normalized spacial score (nSPS) is 18.1. The lowest BCUT2D eigenvalue weighted by Gasteiger charge is -2.34. The fraction of sp³-hybridized carbons (Fsp3) is 0.333. The van der Waals surface area contributed by atoms with Crippen LogP contribution in [-0.4, -0.2) is 33.9 Å². The molecule has 3 aromatic rings. The number of halogens is 1. The molecule has 2 atom stereocenters. The van der Waals surface area contributed by atoms with Gasteiger partial charge in [0.1, 0.15) is 11.3 Å². The van der Waals surface area contributed by atoms with Gasteiger partial charge in [0, 0.05) is 25.5 Å². The molecule has 7 heteroatoms. The molecule has 1 amide bonds. The van der Waals surface area contributed by atoms with Crippen molar-refractivity contribution in [3.05, 3.63) is 60.3 Å². The molecule has 0 aliphatic carbocycles. The predicted molar refractivity (Wildman–Crippen MR) is 105 cm³/mol. The zero-order chi connectivity index (χ0) is 19.5. The third-order valence-electron chi connectivity index (χ3n) is 5.20. The average molecular weight is 379 g/mol. The monoisotopic (exact) mass is 379 g/mol. The minimum absolute atomic E-state index is 0.0232. The molecule has 28 heavy (non-hydrogen) atoms. The van der Waals surface area contributed by atoms with Gasteiger partial charge in [0.25, 0.3) is 0 Å². The van der Waals surface area contributed by atoms with Gasteiger partial charge in [-0.2, -0.15) is 0 Å². The number of amides is 1. The summed E-state index contributed by atoms with van der Waals surface area (Å²) < 4.78 is 13.1. The molecule has 1 fully saturated rings. The van der Waals surface area contributed by atoms with Gasteiger partial charge in [0.2, 0.25) is 5.91 Å². The Labute approximate surface area is 162 Å². The molecule has 1 saturated heterocycles. The van der Waals surface area contributed by atoms with Crippen LogP contribution in [-0.2, 0) is 4.79 Å². The number of carbonyl (C=O) groups is 1. The first-order valence-electron chi connectivity index (χ1n) is 9.48. The number of carbonyl (C=O) groups excluding carboxylic acids is 1. The first-order valence-corrected chi connectivity index (χ1v) is 9.48. The number of nitrogens with zero attached hydrogens (tertiary/aromatic N) is 4. The maximum Gasteiger partial charge on any atom is 0.225 e. The summed E-state index contributed by atoms with van der Waals surface area (Å²) in [4.78, 5) is 27.9. The molecule has 0 unspecified atom stereocenters. The van der Waals surface area contributed by atoms with Crippen molar-refractivity contribution < 1.29 is 9.18 Å². The fourth-order valence-corrected chi connectivity index (χ4v) is 3.61. The van der Waals surface area contributed by atoms with Crippen molar-refractivity contribution in [3.8, 4) is 0 Å². The van der Waals surface area contributed by atoms with E-state index < -0.39 is 0 Å². The number of hydrogen-bond donors (Lipinski definition) is 1. The van der Waals surface area contributed by atoms with Gasteiger partial charge in [0.05, 0.1) is 23.8 Å². The van der Waals surface area contributed by atoms with Crippen molar-refractivity contribution >= 4 is 22.8 Å². The second-order valence-corrected chi connectivity index (χ2v) is 7.16. The van der Waals surface area contributed by atoms with Crippen LogP contribution < -0.4 is 10.2 Å². The minimum atomic E-state index is -0.279. The van der Waals surface area contributed by atoms with Gasteiger partial charge in [-0.05, 0) is 43.5 Å². The Morgan fingerprint density at radius 1 is 1.21 bits per heavy atom. The number of benzene rings is 1. The lowest BCUT2D eigenvalue weighted by atomic mass is 9.96. The van der Waals surface area contributed by atoms with Crippen LogP contribution >= 0.6 is 0 Å². The van der Waals surface area contributed by atoms with E-state index >= 15 is 0 Å². The summed E-state index contributed by atoms with van der Waals surface area (Å²) in [5, 5.41) is 3.06. The van der Waals surface area contributed by atoms with Crippen molar-refractivity contribution in [3.63, 3.8) is 0 Å². The summed E-state index contributed by atoms with van der Waals surface area (Å²) >= 11 is 0. The zero-order valence-corrected chi connectivity index (χ0v) is 15.7. The van der Waals surface area contributed by atoms with Gasteiger partial charge >= 0.3 is 0 Å². The molecule has 144 valence electrons. The number of piperidine rings is 1. The highest BCUT2D eigenvalue weighted by atomic mass is 19.1. The van der Waals surface area contributed by atoms with Crippen LogP contribution in [0.1, 0.15) is 31.4 Å².